The van der Waals surface area contributed by atoms with Gasteiger partial charge in [0.05, 0.1) is 6.20 Å². The first kappa shape index (κ1) is 13.1. The molecule has 0 atom stereocenters. The summed E-state index contributed by atoms with van der Waals surface area (Å²) in [4.78, 5) is 23.2. The molecular weight excluding hydrogens is 244 g/mol. The Labute approximate surface area is 110 Å². The number of nitrogens with zero attached hydrogens (tertiary/aromatic N) is 3. The molecule has 100 valence electrons. The molecule has 0 fully saturated rings. The lowest BCUT2D eigenvalue weighted by Gasteiger charge is -2.07. The van der Waals surface area contributed by atoms with Gasteiger partial charge in [0.25, 0.3) is 11.1 Å². The summed E-state index contributed by atoms with van der Waals surface area (Å²) in [5.41, 5.74) is 6.79. The van der Waals surface area contributed by atoms with Gasteiger partial charge in [-0.05, 0) is 25.0 Å². The van der Waals surface area contributed by atoms with Crippen LogP contribution in [0.1, 0.15) is 12.0 Å². The van der Waals surface area contributed by atoms with Crippen molar-refractivity contribution in [3.63, 3.8) is 0 Å². The lowest BCUT2D eigenvalue weighted by Crippen LogP contribution is -2.24. The van der Waals surface area contributed by atoms with Crippen molar-refractivity contribution < 1.29 is 0 Å². The minimum absolute atomic E-state index is 0.0987. The Morgan fingerprint density at radius 1 is 1.21 bits per heavy atom. The Hall–Kier alpha value is -2.37. The predicted octanol–water partition coefficient (Wildman–Crippen LogP) is 0.386. The van der Waals surface area contributed by atoms with Crippen molar-refractivity contribution in [3.05, 3.63) is 56.9 Å². The molecule has 0 aliphatic heterocycles. The summed E-state index contributed by atoms with van der Waals surface area (Å²) in [5, 5.41) is 4.04. The SMILES string of the molecule is Cc1cnn(CCCn2cc(N)ccc2=O)c(=O)c1. The smallest absolute Gasteiger partial charge is 0.266 e. The largest absolute Gasteiger partial charge is 0.398 e. The molecule has 0 saturated heterocycles. The molecule has 2 heterocycles. The molecule has 0 radical (unpaired) electrons. The van der Waals surface area contributed by atoms with E-state index < -0.39 is 0 Å². The third-order valence-electron chi connectivity index (χ3n) is 2.78. The summed E-state index contributed by atoms with van der Waals surface area (Å²) in [7, 11) is 0. The minimum Gasteiger partial charge on any atom is -0.398 e. The van der Waals surface area contributed by atoms with Crippen LogP contribution in [0.25, 0.3) is 0 Å². The number of anilines is 1. The Morgan fingerprint density at radius 2 is 2.00 bits per heavy atom. The first-order chi connectivity index (χ1) is 9.06. The highest BCUT2D eigenvalue weighted by Crippen LogP contribution is 1.97. The summed E-state index contributed by atoms with van der Waals surface area (Å²) >= 11 is 0. The number of hydrogen-bond acceptors (Lipinski definition) is 4. The van der Waals surface area contributed by atoms with Crippen molar-refractivity contribution in [2.75, 3.05) is 5.73 Å². The van der Waals surface area contributed by atoms with E-state index in [-0.39, 0.29) is 11.1 Å². The van der Waals surface area contributed by atoms with Crippen LogP contribution in [0.4, 0.5) is 5.69 Å². The van der Waals surface area contributed by atoms with Crippen molar-refractivity contribution >= 4 is 5.69 Å². The number of pyridine rings is 1. The van der Waals surface area contributed by atoms with Crippen LogP contribution in [-0.4, -0.2) is 14.3 Å². The number of aryl methyl sites for hydroxylation is 3. The predicted molar refractivity (Wildman–Crippen MR) is 73.0 cm³/mol. The van der Waals surface area contributed by atoms with Gasteiger partial charge in [0.15, 0.2) is 0 Å². The molecule has 0 bridgehead atoms. The van der Waals surface area contributed by atoms with Gasteiger partial charge in [0, 0.05) is 37.1 Å². The zero-order valence-corrected chi connectivity index (χ0v) is 10.7. The van der Waals surface area contributed by atoms with E-state index in [1.165, 1.54) is 15.3 Å². The molecular formula is C13H16N4O2. The fraction of sp³-hybridized carbons (Fsp3) is 0.308. The van der Waals surface area contributed by atoms with Gasteiger partial charge in [-0.3, -0.25) is 9.59 Å². The number of hydrogen-bond donors (Lipinski definition) is 1. The van der Waals surface area contributed by atoms with Crippen LogP contribution in [0, 0.1) is 6.92 Å². The Balaban J connectivity index is 2.02. The summed E-state index contributed by atoms with van der Waals surface area (Å²) in [6, 6.07) is 4.55. The van der Waals surface area contributed by atoms with E-state index in [1.807, 2.05) is 6.92 Å². The molecule has 0 unspecified atom stereocenters. The third-order valence-corrected chi connectivity index (χ3v) is 2.78. The highest BCUT2D eigenvalue weighted by molar-refractivity contribution is 5.33. The maximum atomic E-state index is 11.6. The fourth-order valence-corrected chi connectivity index (χ4v) is 1.81. The van der Waals surface area contributed by atoms with Crippen LogP contribution in [0.2, 0.25) is 0 Å². The maximum absolute atomic E-state index is 11.6. The highest BCUT2D eigenvalue weighted by Gasteiger charge is 2.00. The number of nitrogen functional groups attached to an aromatic ring is 1. The summed E-state index contributed by atoms with van der Waals surface area (Å²) < 4.78 is 2.93. The van der Waals surface area contributed by atoms with E-state index in [1.54, 1.807) is 24.5 Å². The minimum atomic E-state index is -0.125. The maximum Gasteiger partial charge on any atom is 0.266 e. The van der Waals surface area contributed by atoms with Gasteiger partial charge in [-0.25, -0.2) is 4.68 Å². The first-order valence-electron chi connectivity index (χ1n) is 6.06. The third kappa shape index (κ3) is 3.31. The van der Waals surface area contributed by atoms with Crippen LogP contribution in [0.5, 0.6) is 0 Å². The van der Waals surface area contributed by atoms with E-state index >= 15 is 0 Å². The molecule has 0 spiro atoms. The normalized spacial score (nSPS) is 10.6. The molecule has 2 rings (SSSR count). The van der Waals surface area contributed by atoms with Crippen LogP contribution >= 0.6 is 0 Å². The standard InChI is InChI=1S/C13H16N4O2/c1-10-7-13(19)17(15-8-10)6-2-5-16-9-11(14)3-4-12(16)18/h3-4,7-9H,2,5-6,14H2,1H3. The molecule has 6 heteroatoms. The molecule has 6 nitrogen and oxygen atoms in total. The van der Waals surface area contributed by atoms with Gasteiger partial charge < -0.3 is 10.3 Å². The van der Waals surface area contributed by atoms with Gasteiger partial charge in [0.1, 0.15) is 0 Å². The van der Waals surface area contributed by atoms with E-state index in [4.69, 9.17) is 5.73 Å². The molecule has 0 aliphatic carbocycles. The van der Waals surface area contributed by atoms with Gasteiger partial charge in [-0.2, -0.15) is 5.10 Å². The quantitative estimate of drug-likeness (QED) is 0.861. The molecule has 0 amide bonds. The second kappa shape index (κ2) is 5.51. The zero-order valence-electron chi connectivity index (χ0n) is 10.7. The Kier molecular flexibility index (Phi) is 3.79. The van der Waals surface area contributed by atoms with Crippen LogP contribution in [0.3, 0.4) is 0 Å². The van der Waals surface area contributed by atoms with Crippen LogP contribution < -0.4 is 16.9 Å². The Bertz CT molecular complexity index is 688. The number of rotatable bonds is 4. The molecule has 0 saturated carbocycles. The molecule has 19 heavy (non-hydrogen) atoms. The Morgan fingerprint density at radius 3 is 2.74 bits per heavy atom. The van der Waals surface area contributed by atoms with Gasteiger partial charge in [-0.15, -0.1) is 0 Å². The topological polar surface area (TPSA) is 82.9 Å². The molecule has 2 aromatic heterocycles. The average molecular weight is 260 g/mol. The molecule has 2 aromatic rings. The van der Waals surface area contributed by atoms with Crippen molar-refractivity contribution in [1.29, 1.82) is 0 Å². The number of nitrogens with two attached hydrogens (primary N) is 1. The second-order valence-corrected chi connectivity index (χ2v) is 4.44. The zero-order chi connectivity index (χ0) is 13.8. The second-order valence-electron chi connectivity index (χ2n) is 4.44. The van der Waals surface area contributed by atoms with Crippen molar-refractivity contribution in [3.8, 4) is 0 Å². The monoisotopic (exact) mass is 260 g/mol. The summed E-state index contributed by atoms with van der Waals surface area (Å²) in [6.45, 7) is 2.80. The van der Waals surface area contributed by atoms with E-state index in [2.05, 4.69) is 5.10 Å². The summed E-state index contributed by atoms with van der Waals surface area (Å²) in [6.07, 6.45) is 3.89. The van der Waals surface area contributed by atoms with Gasteiger partial charge >= 0.3 is 0 Å². The first-order valence-corrected chi connectivity index (χ1v) is 6.06. The van der Waals surface area contributed by atoms with E-state index in [0.29, 0.717) is 25.2 Å². The van der Waals surface area contributed by atoms with E-state index in [0.717, 1.165) is 5.56 Å². The van der Waals surface area contributed by atoms with Crippen LogP contribution in [-0.2, 0) is 13.1 Å². The molecule has 0 aliphatic rings. The lowest BCUT2D eigenvalue weighted by atomic mass is 10.3. The lowest BCUT2D eigenvalue weighted by molar-refractivity contribution is 0.500. The fourth-order valence-electron chi connectivity index (χ4n) is 1.81. The van der Waals surface area contributed by atoms with Crippen LogP contribution in [0.15, 0.2) is 40.2 Å². The van der Waals surface area contributed by atoms with Gasteiger partial charge in [0.2, 0.25) is 0 Å². The summed E-state index contributed by atoms with van der Waals surface area (Å²) in [5.74, 6) is 0. The van der Waals surface area contributed by atoms with Crippen molar-refractivity contribution in [1.82, 2.24) is 14.3 Å². The van der Waals surface area contributed by atoms with Crippen molar-refractivity contribution in [2.24, 2.45) is 0 Å². The highest BCUT2D eigenvalue weighted by atomic mass is 16.1. The van der Waals surface area contributed by atoms with Crippen molar-refractivity contribution in [2.45, 2.75) is 26.4 Å². The molecule has 0 aromatic carbocycles. The molecule has 2 N–H and O–H groups in total. The number of aromatic nitrogens is 3. The average Bonchev–Trinajstić information content (AvgIpc) is 2.36. The van der Waals surface area contributed by atoms with Gasteiger partial charge in [-0.1, -0.05) is 0 Å². The van der Waals surface area contributed by atoms with E-state index in [9.17, 15) is 9.59 Å².